The van der Waals surface area contributed by atoms with Gasteiger partial charge in [0.05, 0.1) is 0 Å². The van der Waals surface area contributed by atoms with E-state index in [4.69, 9.17) is 0 Å². The molecule has 4 aromatic carbocycles. The van der Waals surface area contributed by atoms with Crippen LogP contribution < -0.4 is 10.2 Å². The molecule has 0 aliphatic heterocycles. The molecule has 240 valence electrons. The number of hydrogen-bond acceptors (Lipinski definition) is 2. The quantitative estimate of drug-likeness (QED) is 0.0474. The molecule has 0 aliphatic rings. The van der Waals surface area contributed by atoms with Crippen LogP contribution in [0.15, 0.2) is 121 Å². The van der Waals surface area contributed by atoms with Crippen LogP contribution in [0.2, 0.25) is 0 Å². The van der Waals surface area contributed by atoms with Crippen molar-refractivity contribution in [2.45, 2.75) is 57.8 Å². The monoisotopic (exact) mass is 770 g/mol. The minimum atomic E-state index is -1.33. The first-order valence-corrected chi connectivity index (χ1v) is 25.6. The molecule has 0 radical (unpaired) electrons. The average molecular weight is 769 g/mol. The van der Waals surface area contributed by atoms with E-state index in [0.717, 1.165) is 38.8 Å². The molecule has 0 bridgehead atoms. The maximum absolute atomic E-state index is 4.06. The third-order valence-electron chi connectivity index (χ3n) is 8.57. The van der Waals surface area contributed by atoms with Crippen LogP contribution in [-0.4, -0.2) is 67.9 Å². The molecule has 0 saturated heterocycles. The van der Waals surface area contributed by atoms with Gasteiger partial charge in [-0.1, -0.05) is 0 Å². The van der Waals surface area contributed by atoms with E-state index in [2.05, 4.69) is 162 Å². The SMILES string of the molecule is [Se]=P(CCc1ccccc1)(CCc1ccccc1)NCCCCCCCNP(=[Se])(CCc1ccccc1)CCc1ccccc1. The first-order chi connectivity index (χ1) is 22.0. The van der Waals surface area contributed by atoms with Gasteiger partial charge in [-0.25, -0.2) is 0 Å². The summed E-state index contributed by atoms with van der Waals surface area (Å²) in [6.07, 6.45) is 16.0. The number of nitrogens with one attached hydrogen (secondary N) is 2. The van der Waals surface area contributed by atoms with Crippen molar-refractivity contribution in [1.29, 1.82) is 0 Å². The van der Waals surface area contributed by atoms with Gasteiger partial charge in [0.25, 0.3) is 0 Å². The molecule has 0 unspecified atom stereocenters. The minimum absolute atomic E-state index is 1.13. The van der Waals surface area contributed by atoms with Crippen LogP contribution in [0.25, 0.3) is 0 Å². The molecule has 0 spiro atoms. The van der Waals surface area contributed by atoms with Crippen molar-refractivity contribution >= 4 is 41.5 Å². The Morgan fingerprint density at radius 3 is 0.867 bits per heavy atom. The number of hydrogen-bond donors (Lipinski definition) is 2. The second kappa shape index (κ2) is 20.8. The van der Waals surface area contributed by atoms with E-state index < -0.39 is 11.3 Å². The van der Waals surface area contributed by atoms with Crippen molar-refractivity contribution in [3.63, 3.8) is 0 Å². The van der Waals surface area contributed by atoms with Crippen molar-refractivity contribution in [1.82, 2.24) is 10.2 Å². The Balaban J connectivity index is 1.16. The third-order valence-corrected chi connectivity index (χ3v) is 20.2. The molecule has 0 amide bonds. The molecule has 6 heteroatoms. The van der Waals surface area contributed by atoms with Gasteiger partial charge < -0.3 is 0 Å². The topological polar surface area (TPSA) is 24.1 Å². The molecule has 4 rings (SSSR count). The standard InChI is InChI=1S/C39H52N2P2Se2/c44-42(32-26-36-18-8-4-9-19-36,33-27-37-20-10-5-11-21-37)40-30-16-2-1-3-17-31-41-43(45,34-28-38-22-12-6-13-23-38)35-29-39-24-14-7-15-25-39/h4-15,18-25H,1-3,16-17,26-35H2,(H,40,44)(H,41,45). The van der Waals surface area contributed by atoms with Gasteiger partial charge in [-0.3, -0.25) is 0 Å². The summed E-state index contributed by atoms with van der Waals surface area (Å²) >= 11 is 7.39. The zero-order chi connectivity index (χ0) is 31.5. The fraction of sp³-hybridized carbons (Fsp3) is 0.385. The number of rotatable bonds is 22. The van der Waals surface area contributed by atoms with Crippen LogP contribution in [-0.2, 0) is 25.7 Å². The first-order valence-electron chi connectivity index (χ1n) is 16.8. The molecule has 0 aliphatic carbocycles. The summed E-state index contributed by atoms with van der Waals surface area (Å²) in [5, 5.41) is 8.11. The maximum atomic E-state index is 4.06. The predicted molar refractivity (Wildman–Crippen MR) is 204 cm³/mol. The summed E-state index contributed by atoms with van der Waals surface area (Å²) in [6, 6.07) is 43.9. The third kappa shape index (κ3) is 15.0. The van der Waals surface area contributed by atoms with E-state index in [1.165, 1.54) is 79.0 Å². The Hall–Kier alpha value is -1.30. The van der Waals surface area contributed by atoms with E-state index in [0.29, 0.717) is 0 Å². The first kappa shape index (κ1) is 36.5. The summed E-state index contributed by atoms with van der Waals surface area (Å²) in [7, 11) is 0. The molecule has 0 saturated carbocycles. The molecule has 2 nitrogen and oxygen atoms in total. The Bertz CT molecular complexity index is 1230. The van der Waals surface area contributed by atoms with E-state index in [1.54, 1.807) is 0 Å². The van der Waals surface area contributed by atoms with Gasteiger partial charge >= 0.3 is 291 Å². The van der Waals surface area contributed by atoms with Gasteiger partial charge in [0.2, 0.25) is 0 Å². The van der Waals surface area contributed by atoms with E-state index >= 15 is 0 Å². The molecular weight excluding hydrogens is 716 g/mol. The summed E-state index contributed by atoms with van der Waals surface area (Å²) in [5.74, 6) is 0. The molecule has 2 N–H and O–H groups in total. The average Bonchev–Trinajstić information content (AvgIpc) is 3.09. The fourth-order valence-electron chi connectivity index (χ4n) is 5.70. The molecule has 0 atom stereocenters. The van der Waals surface area contributed by atoms with Crippen LogP contribution >= 0.6 is 11.3 Å². The van der Waals surface area contributed by atoms with Crippen LogP contribution in [0.5, 0.6) is 0 Å². The van der Waals surface area contributed by atoms with E-state index in [1.807, 2.05) is 0 Å². The van der Waals surface area contributed by atoms with Crippen LogP contribution in [0.4, 0.5) is 0 Å². The number of benzene rings is 4. The van der Waals surface area contributed by atoms with Crippen molar-refractivity contribution in [3.8, 4) is 0 Å². The van der Waals surface area contributed by atoms with Crippen LogP contribution in [0, 0.1) is 0 Å². The van der Waals surface area contributed by atoms with Gasteiger partial charge in [-0.15, -0.1) is 0 Å². The van der Waals surface area contributed by atoms with E-state index in [-0.39, 0.29) is 0 Å². The van der Waals surface area contributed by atoms with Crippen molar-refractivity contribution in [3.05, 3.63) is 144 Å². The zero-order valence-corrected chi connectivity index (χ0v) is 32.1. The van der Waals surface area contributed by atoms with Crippen LogP contribution in [0.3, 0.4) is 0 Å². The summed E-state index contributed by atoms with van der Waals surface area (Å²) in [6.45, 7) is 2.25. The van der Waals surface area contributed by atoms with Crippen molar-refractivity contribution in [2.75, 3.05) is 37.7 Å². The normalized spacial score (nSPS) is 11.9. The predicted octanol–water partition coefficient (Wildman–Crippen LogP) is 9.12. The summed E-state index contributed by atoms with van der Waals surface area (Å²) in [5.41, 5.74) is 3.13. The second-order valence-corrected chi connectivity index (χ2v) is 27.0. The van der Waals surface area contributed by atoms with Gasteiger partial charge in [0, 0.05) is 0 Å². The number of aryl methyl sites for hydroxylation is 4. The Morgan fingerprint density at radius 2 is 0.600 bits per heavy atom. The molecule has 0 heterocycles. The fourth-order valence-corrected chi connectivity index (χ4v) is 13.8. The second-order valence-electron chi connectivity index (χ2n) is 12.2. The molecule has 4 aromatic rings. The Labute approximate surface area is 289 Å². The van der Waals surface area contributed by atoms with Gasteiger partial charge in [0.1, 0.15) is 0 Å². The number of unbranched alkanes of at least 4 members (excludes halogenated alkanes) is 4. The molecule has 0 aromatic heterocycles. The van der Waals surface area contributed by atoms with Crippen LogP contribution in [0.1, 0.15) is 54.4 Å². The summed E-state index contributed by atoms with van der Waals surface area (Å²) in [4.78, 5) is 0. The summed E-state index contributed by atoms with van der Waals surface area (Å²) < 4.78 is 0. The van der Waals surface area contributed by atoms with E-state index in [9.17, 15) is 0 Å². The van der Waals surface area contributed by atoms with Crippen molar-refractivity contribution in [2.24, 2.45) is 0 Å². The van der Waals surface area contributed by atoms with Gasteiger partial charge in [-0.05, 0) is 0 Å². The van der Waals surface area contributed by atoms with Gasteiger partial charge in [0.15, 0.2) is 0 Å². The Kier molecular flexibility index (Phi) is 16.9. The Morgan fingerprint density at radius 1 is 0.356 bits per heavy atom. The molecule has 0 fully saturated rings. The zero-order valence-electron chi connectivity index (χ0n) is 26.9. The molecular formula is C39H52N2P2Se2. The molecule has 45 heavy (non-hydrogen) atoms. The van der Waals surface area contributed by atoms with Crippen molar-refractivity contribution < 1.29 is 0 Å². The van der Waals surface area contributed by atoms with Gasteiger partial charge in [-0.2, -0.15) is 0 Å².